The van der Waals surface area contributed by atoms with Gasteiger partial charge in [0.15, 0.2) is 5.82 Å². The molecule has 0 fully saturated rings. The molecule has 0 aliphatic rings. The van der Waals surface area contributed by atoms with Crippen LogP contribution >= 0.6 is 0 Å². The fraction of sp³-hybridized carbons (Fsp3) is 0.727. The van der Waals surface area contributed by atoms with Crippen molar-refractivity contribution in [2.45, 2.75) is 39.2 Å². The highest BCUT2D eigenvalue weighted by atomic mass is 16.5. The third kappa shape index (κ3) is 3.99. The molecule has 16 heavy (non-hydrogen) atoms. The molecule has 0 bridgehead atoms. The Kier molecular flexibility index (Phi) is 4.93. The van der Waals surface area contributed by atoms with Crippen molar-refractivity contribution in [2.75, 3.05) is 7.11 Å². The number of ether oxygens (including phenoxy) is 1. The van der Waals surface area contributed by atoms with Crippen molar-refractivity contribution in [1.82, 2.24) is 10.1 Å². The summed E-state index contributed by atoms with van der Waals surface area (Å²) in [7, 11) is 1.65. The van der Waals surface area contributed by atoms with Crippen molar-refractivity contribution < 1.29 is 9.26 Å². The molecule has 2 atom stereocenters. The summed E-state index contributed by atoms with van der Waals surface area (Å²) in [6, 6.07) is 2.13. The molecule has 1 aromatic heterocycles. The van der Waals surface area contributed by atoms with E-state index in [1.165, 1.54) is 0 Å². The largest absolute Gasteiger partial charge is 0.381 e. The Morgan fingerprint density at radius 2 is 2.19 bits per heavy atom. The highest BCUT2D eigenvalue weighted by molar-refractivity contribution is 4.90. The fourth-order valence-electron chi connectivity index (χ4n) is 1.32. The molecule has 0 saturated carbocycles. The monoisotopic (exact) mass is 223 g/mol. The molecule has 1 rings (SSSR count). The maximum absolute atomic E-state index is 8.54. The molecular weight excluding hydrogens is 206 g/mol. The smallest absolute Gasteiger partial charge is 0.226 e. The zero-order chi connectivity index (χ0) is 12.0. The fourth-order valence-corrected chi connectivity index (χ4v) is 1.32. The van der Waals surface area contributed by atoms with Gasteiger partial charge in [-0.05, 0) is 12.8 Å². The summed E-state index contributed by atoms with van der Waals surface area (Å²) in [5, 5.41) is 12.4. The lowest BCUT2D eigenvalue weighted by Gasteiger charge is -2.04. The van der Waals surface area contributed by atoms with Gasteiger partial charge in [0.2, 0.25) is 5.89 Å². The van der Waals surface area contributed by atoms with Crippen LogP contribution in [0, 0.1) is 17.2 Å². The van der Waals surface area contributed by atoms with Crippen LogP contribution in [0.4, 0.5) is 0 Å². The normalized spacial score (nSPS) is 14.4. The van der Waals surface area contributed by atoms with Gasteiger partial charge in [0.05, 0.1) is 12.2 Å². The standard InChI is InChI=1S/C11H17N3O2/c1-8(4-5-12)6-11-13-10(14-16-11)7-9(2)15-3/h8-9H,4,6-7H2,1-3H3. The van der Waals surface area contributed by atoms with Crippen LogP contribution in [0.25, 0.3) is 0 Å². The Balaban J connectivity index is 2.48. The summed E-state index contributed by atoms with van der Waals surface area (Å²) >= 11 is 0. The van der Waals surface area contributed by atoms with E-state index in [1.807, 2.05) is 13.8 Å². The van der Waals surface area contributed by atoms with E-state index in [4.69, 9.17) is 14.5 Å². The third-order valence-electron chi connectivity index (χ3n) is 2.35. The molecule has 1 heterocycles. The molecule has 0 aromatic carbocycles. The molecular formula is C11H17N3O2. The number of nitriles is 1. The second-order valence-corrected chi connectivity index (χ2v) is 4.03. The molecule has 0 amide bonds. The number of nitrogens with zero attached hydrogens (tertiary/aromatic N) is 3. The van der Waals surface area contributed by atoms with Gasteiger partial charge < -0.3 is 9.26 Å². The van der Waals surface area contributed by atoms with Crippen LogP contribution in [0.2, 0.25) is 0 Å². The highest BCUT2D eigenvalue weighted by Crippen LogP contribution is 2.10. The second kappa shape index (κ2) is 6.23. The first kappa shape index (κ1) is 12.7. The maximum atomic E-state index is 8.54. The summed E-state index contributed by atoms with van der Waals surface area (Å²) in [5.41, 5.74) is 0. The van der Waals surface area contributed by atoms with Crippen LogP contribution < -0.4 is 0 Å². The zero-order valence-electron chi connectivity index (χ0n) is 9.93. The number of hydrogen-bond donors (Lipinski definition) is 0. The average molecular weight is 223 g/mol. The summed E-state index contributed by atoms with van der Waals surface area (Å²) in [4.78, 5) is 4.25. The van der Waals surface area contributed by atoms with Gasteiger partial charge in [-0.3, -0.25) is 0 Å². The zero-order valence-corrected chi connectivity index (χ0v) is 9.93. The first-order chi connectivity index (χ1) is 7.65. The van der Waals surface area contributed by atoms with Crippen LogP contribution in [-0.2, 0) is 17.6 Å². The van der Waals surface area contributed by atoms with Crippen LogP contribution in [-0.4, -0.2) is 23.4 Å². The van der Waals surface area contributed by atoms with Gasteiger partial charge in [-0.15, -0.1) is 0 Å². The molecule has 2 unspecified atom stereocenters. The maximum Gasteiger partial charge on any atom is 0.226 e. The third-order valence-corrected chi connectivity index (χ3v) is 2.35. The van der Waals surface area contributed by atoms with Crippen molar-refractivity contribution >= 4 is 0 Å². The molecule has 5 heteroatoms. The minimum absolute atomic E-state index is 0.0852. The summed E-state index contributed by atoms with van der Waals surface area (Å²) in [6.45, 7) is 3.94. The van der Waals surface area contributed by atoms with E-state index in [9.17, 15) is 0 Å². The first-order valence-electron chi connectivity index (χ1n) is 5.37. The predicted octanol–water partition coefficient (Wildman–Crippen LogP) is 1.74. The van der Waals surface area contributed by atoms with Crippen LogP contribution in [0.3, 0.4) is 0 Å². The van der Waals surface area contributed by atoms with Gasteiger partial charge in [-0.2, -0.15) is 10.2 Å². The number of aromatic nitrogens is 2. The van der Waals surface area contributed by atoms with E-state index in [2.05, 4.69) is 16.2 Å². The quantitative estimate of drug-likeness (QED) is 0.734. The van der Waals surface area contributed by atoms with E-state index in [0.29, 0.717) is 31.0 Å². The molecule has 0 saturated heterocycles. The lowest BCUT2D eigenvalue weighted by atomic mass is 10.1. The molecule has 88 valence electrons. The minimum atomic E-state index is 0.0852. The second-order valence-electron chi connectivity index (χ2n) is 4.03. The Hall–Kier alpha value is -1.41. The first-order valence-corrected chi connectivity index (χ1v) is 5.37. The SMILES string of the molecule is COC(C)Cc1noc(CC(C)CC#N)n1. The Morgan fingerprint density at radius 1 is 1.44 bits per heavy atom. The van der Waals surface area contributed by atoms with Crippen LogP contribution in [0.15, 0.2) is 4.52 Å². The summed E-state index contributed by atoms with van der Waals surface area (Å²) in [6.07, 6.45) is 1.89. The Labute approximate surface area is 95.4 Å². The van der Waals surface area contributed by atoms with Gasteiger partial charge >= 0.3 is 0 Å². The molecule has 0 aliphatic heterocycles. The minimum Gasteiger partial charge on any atom is -0.381 e. The predicted molar refractivity (Wildman–Crippen MR) is 57.6 cm³/mol. The van der Waals surface area contributed by atoms with Crippen molar-refractivity contribution in [3.8, 4) is 6.07 Å². The van der Waals surface area contributed by atoms with E-state index in [0.717, 1.165) is 0 Å². The Bertz CT molecular complexity index is 356. The van der Waals surface area contributed by atoms with E-state index >= 15 is 0 Å². The van der Waals surface area contributed by atoms with Gasteiger partial charge in [0, 0.05) is 26.4 Å². The van der Waals surface area contributed by atoms with Gasteiger partial charge in [0.1, 0.15) is 0 Å². The van der Waals surface area contributed by atoms with Crippen molar-refractivity contribution in [3.05, 3.63) is 11.7 Å². The molecule has 0 spiro atoms. The van der Waals surface area contributed by atoms with Crippen molar-refractivity contribution in [3.63, 3.8) is 0 Å². The molecule has 0 N–H and O–H groups in total. The van der Waals surface area contributed by atoms with Gasteiger partial charge in [-0.1, -0.05) is 12.1 Å². The summed E-state index contributed by atoms with van der Waals surface area (Å²) in [5.74, 6) is 1.51. The lowest BCUT2D eigenvalue weighted by Crippen LogP contribution is -2.09. The van der Waals surface area contributed by atoms with Gasteiger partial charge in [-0.25, -0.2) is 0 Å². The van der Waals surface area contributed by atoms with Crippen molar-refractivity contribution in [2.24, 2.45) is 5.92 Å². The highest BCUT2D eigenvalue weighted by Gasteiger charge is 2.12. The van der Waals surface area contributed by atoms with E-state index < -0.39 is 0 Å². The summed E-state index contributed by atoms with van der Waals surface area (Å²) < 4.78 is 10.2. The molecule has 1 aromatic rings. The number of rotatable bonds is 6. The molecule has 5 nitrogen and oxygen atoms in total. The van der Waals surface area contributed by atoms with Crippen molar-refractivity contribution in [1.29, 1.82) is 5.26 Å². The van der Waals surface area contributed by atoms with E-state index in [-0.39, 0.29) is 12.0 Å². The topological polar surface area (TPSA) is 71.9 Å². The average Bonchev–Trinajstić information content (AvgIpc) is 2.65. The number of methoxy groups -OCH3 is 1. The lowest BCUT2D eigenvalue weighted by molar-refractivity contribution is 0.116. The molecule has 0 aliphatic carbocycles. The molecule has 0 radical (unpaired) electrons. The van der Waals surface area contributed by atoms with Crippen LogP contribution in [0.5, 0.6) is 0 Å². The van der Waals surface area contributed by atoms with E-state index in [1.54, 1.807) is 7.11 Å². The van der Waals surface area contributed by atoms with Gasteiger partial charge in [0.25, 0.3) is 0 Å². The van der Waals surface area contributed by atoms with Crippen LogP contribution in [0.1, 0.15) is 32.0 Å². The number of hydrogen-bond acceptors (Lipinski definition) is 5. The Morgan fingerprint density at radius 3 is 2.81 bits per heavy atom.